The molecular formula is C40H35N3O5. The van der Waals surface area contributed by atoms with Gasteiger partial charge in [-0.2, -0.15) is 0 Å². The molecule has 1 aliphatic carbocycles. The first-order valence-electron chi connectivity index (χ1n) is 15.7. The number of rotatable bonds is 11. The number of anilines is 1. The van der Waals surface area contributed by atoms with E-state index in [1.54, 1.807) is 24.4 Å². The number of carboxylic acid groups (broad SMARTS) is 1. The summed E-state index contributed by atoms with van der Waals surface area (Å²) >= 11 is 0. The third kappa shape index (κ3) is 6.98. The largest absolute Gasteiger partial charge is 0.545 e. The Morgan fingerprint density at radius 2 is 1.58 bits per heavy atom. The molecule has 1 amide bonds. The summed E-state index contributed by atoms with van der Waals surface area (Å²) in [4.78, 5) is 26.2. The number of hydrogen-bond acceptors (Lipinski definition) is 6. The zero-order valence-corrected chi connectivity index (χ0v) is 26.6. The lowest BCUT2D eigenvalue weighted by atomic mass is 9.90. The van der Waals surface area contributed by atoms with E-state index in [0.717, 1.165) is 38.7 Å². The van der Waals surface area contributed by atoms with E-state index < -0.39 is 12.1 Å². The molecule has 0 spiro atoms. The van der Waals surface area contributed by atoms with Crippen LogP contribution in [0.25, 0.3) is 33.4 Å². The maximum Gasteiger partial charge on any atom is 0.407 e. The number of hydrogen-bond donors (Lipinski definition) is 1. The lowest BCUT2D eigenvalue weighted by molar-refractivity contribution is -0.254. The van der Waals surface area contributed by atoms with Gasteiger partial charge >= 0.3 is 6.09 Å². The van der Waals surface area contributed by atoms with Crippen LogP contribution in [0, 0.1) is 0 Å². The van der Waals surface area contributed by atoms with Gasteiger partial charge in [-0.05, 0) is 35.5 Å². The minimum absolute atomic E-state index is 0.0910. The van der Waals surface area contributed by atoms with Crippen LogP contribution in [0.1, 0.15) is 21.5 Å². The molecule has 8 heteroatoms. The number of carboxylic acids is 1. The maximum atomic E-state index is 12.3. The SMILES string of the molecule is C=CN(Cc1ccccc1)c1ccc2c(-c3ccccc3C(=O)[O-])c3ccc(=[N+](CCOC(=O)NC)Cc4ccccc4)cc-3oc2c1. The highest BCUT2D eigenvalue weighted by atomic mass is 16.5. The van der Waals surface area contributed by atoms with Gasteiger partial charge in [0.25, 0.3) is 0 Å². The number of carbonyl (C=O) groups is 2. The molecule has 0 saturated carbocycles. The number of nitrogens with zero attached hydrogens (tertiary/aromatic N) is 2. The molecule has 0 bridgehead atoms. The van der Waals surface area contributed by atoms with E-state index in [2.05, 4.69) is 28.6 Å². The average molecular weight is 638 g/mol. The van der Waals surface area contributed by atoms with Crippen LogP contribution in [0.2, 0.25) is 0 Å². The van der Waals surface area contributed by atoms with Crippen molar-refractivity contribution >= 4 is 28.7 Å². The Morgan fingerprint density at radius 1 is 0.875 bits per heavy atom. The van der Waals surface area contributed by atoms with Gasteiger partial charge in [-0.15, -0.1) is 0 Å². The monoisotopic (exact) mass is 637 g/mol. The third-order valence-corrected chi connectivity index (χ3v) is 8.23. The highest BCUT2D eigenvalue weighted by Gasteiger charge is 2.22. The van der Waals surface area contributed by atoms with Crippen molar-refractivity contribution in [3.8, 4) is 22.5 Å². The van der Waals surface area contributed by atoms with Crippen LogP contribution < -0.4 is 25.3 Å². The van der Waals surface area contributed by atoms with Gasteiger partial charge in [0.05, 0.1) is 12.0 Å². The molecular weight excluding hydrogens is 602 g/mol. The number of carbonyl (C=O) groups excluding carboxylic acids is 2. The summed E-state index contributed by atoms with van der Waals surface area (Å²) in [6, 6.07) is 38.8. The maximum absolute atomic E-state index is 12.3. The number of fused-ring (bicyclic) bond motifs is 2. The lowest BCUT2D eigenvalue weighted by Gasteiger charge is -2.22. The van der Waals surface area contributed by atoms with Crippen molar-refractivity contribution in [2.75, 3.05) is 25.1 Å². The molecule has 4 aromatic carbocycles. The zero-order valence-electron chi connectivity index (χ0n) is 26.6. The third-order valence-electron chi connectivity index (χ3n) is 8.23. The van der Waals surface area contributed by atoms with Crippen molar-refractivity contribution in [3.05, 3.63) is 156 Å². The highest BCUT2D eigenvalue weighted by Crippen LogP contribution is 2.42. The number of ether oxygens (including phenoxy) is 1. The van der Waals surface area contributed by atoms with Crippen LogP contribution in [0.15, 0.2) is 139 Å². The van der Waals surface area contributed by atoms with Gasteiger partial charge in [0.1, 0.15) is 11.3 Å². The fourth-order valence-corrected chi connectivity index (χ4v) is 5.88. The van der Waals surface area contributed by atoms with Crippen LogP contribution in [-0.2, 0) is 17.8 Å². The van der Waals surface area contributed by atoms with Crippen molar-refractivity contribution in [2.24, 2.45) is 0 Å². The van der Waals surface area contributed by atoms with Crippen molar-refractivity contribution in [2.45, 2.75) is 13.1 Å². The van der Waals surface area contributed by atoms with Crippen molar-refractivity contribution < 1.29 is 23.8 Å². The van der Waals surface area contributed by atoms with E-state index in [1.807, 2.05) is 95.9 Å². The van der Waals surface area contributed by atoms with E-state index in [1.165, 1.54) is 7.05 Å². The number of aromatic carboxylic acids is 1. The van der Waals surface area contributed by atoms with Crippen LogP contribution >= 0.6 is 0 Å². The Bertz CT molecular complexity index is 2120. The molecule has 0 unspecified atom stereocenters. The van der Waals surface area contributed by atoms with Crippen molar-refractivity contribution in [1.29, 1.82) is 0 Å². The number of alkyl carbamates (subject to hydrolysis) is 1. The second-order valence-corrected chi connectivity index (χ2v) is 11.3. The second-order valence-electron chi connectivity index (χ2n) is 11.3. The van der Waals surface area contributed by atoms with Gasteiger partial charge in [0.15, 0.2) is 19.7 Å². The smallest absolute Gasteiger partial charge is 0.407 e. The molecule has 48 heavy (non-hydrogen) atoms. The number of amides is 1. The summed E-state index contributed by atoms with van der Waals surface area (Å²) in [6.45, 7) is 5.83. The van der Waals surface area contributed by atoms with Crippen LogP contribution in [0.5, 0.6) is 0 Å². The van der Waals surface area contributed by atoms with Crippen LogP contribution in [0.3, 0.4) is 0 Å². The predicted molar refractivity (Wildman–Crippen MR) is 186 cm³/mol. The predicted octanol–water partition coefficient (Wildman–Crippen LogP) is 6.05. The van der Waals surface area contributed by atoms with Gasteiger partial charge in [0.2, 0.25) is 5.36 Å². The fraction of sp³-hybridized carbons (Fsp3) is 0.125. The quantitative estimate of drug-likeness (QED) is 0.137. The summed E-state index contributed by atoms with van der Waals surface area (Å²) in [5.74, 6) is -0.689. The molecule has 0 fully saturated rings. The summed E-state index contributed by atoms with van der Waals surface area (Å²) in [7, 11) is 1.52. The van der Waals surface area contributed by atoms with Gasteiger partial charge < -0.3 is 29.3 Å². The van der Waals surface area contributed by atoms with E-state index in [9.17, 15) is 14.7 Å². The molecule has 0 atom stereocenters. The Labute approximate surface area is 278 Å². The van der Waals surface area contributed by atoms with E-state index in [4.69, 9.17) is 9.15 Å². The summed E-state index contributed by atoms with van der Waals surface area (Å²) in [6.07, 6.45) is 1.28. The second kappa shape index (κ2) is 14.5. The molecule has 8 nitrogen and oxygen atoms in total. The average Bonchev–Trinajstić information content (AvgIpc) is 3.12. The molecule has 6 rings (SSSR count). The summed E-state index contributed by atoms with van der Waals surface area (Å²) < 4.78 is 14.1. The number of nitrogens with one attached hydrogen (secondary N) is 1. The normalized spacial score (nSPS) is 11.6. The first kappa shape index (κ1) is 31.8. The first-order chi connectivity index (χ1) is 23.4. The first-order valence-corrected chi connectivity index (χ1v) is 15.7. The van der Waals surface area contributed by atoms with E-state index in [-0.39, 0.29) is 12.2 Å². The molecule has 0 saturated heterocycles. The Kier molecular flexibility index (Phi) is 9.62. The Hall–Kier alpha value is -6.15. The molecule has 2 aliphatic rings. The number of benzene rings is 5. The lowest BCUT2D eigenvalue weighted by Crippen LogP contribution is -2.34. The van der Waals surface area contributed by atoms with Gasteiger partial charge in [-0.25, -0.2) is 9.37 Å². The summed E-state index contributed by atoms with van der Waals surface area (Å²) in [5.41, 5.74) is 5.77. The van der Waals surface area contributed by atoms with Gasteiger partial charge in [-0.1, -0.05) is 91.5 Å². The molecule has 240 valence electrons. The van der Waals surface area contributed by atoms with E-state index in [0.29, 0.717) is 36.5 Å². The van der Waals surface area contributed by atoms with Gasteiger partial charge in [0, 0.05) is 59.1 Å². The van der Waals surface area contributed by atoms with Gasteiger partial charge in [-0.3, -0.25) is 0 Å². The van der Waals surface area contributed by atoms with E-state index >= 15 is 0 Å². The molecule has 1 aliphatic heterocycles. The van der Waals surface area contributed by atoms with Crippen LogP contribution in [0.4, 0.5) is 10.5 Å². The Morgan fingerprint density at radius 3 is 2.29 bits per heavy atom. The molecule has 0 radical (unpaired) electrons. The zero-order chi connectivity index (χ0) is 33.5. The topological polar surface area (TPSA) is 97.9 Å². The molecule has 1 heterocycles. The van der Waals surface area contributed by atoms with Crippen molar-refractivity contribution in [3.63, 3.8) is 0 Å². The Balaban J connectivity index is 1.56. The van der Waals surface area contributed by atoms with Crippen molar-refractivity contribution in [1.82, 2.24) is 9.89 Å². The molecule has 0 aromatic heterocycles. The minimum atomic E-state index is -1.26. The standard InChI is InChI=1S/C40H35N3O5/c1-3-42(26-28-12-6-4-7-13-28)30-18-20-34-36(24-30)48-37-25-31(19-21-35(37)38(34)32-16-10-11-17-33(32)39(44)45)43(22-23-47-40(46)41-2)27-29-14-8-5-9-15-29/h3-21,24-25H,1,22-23,26-27H2,2H3,(H-,41,44,45,46). The molecule has 4 aromatic rings. The highest BCUT2D eigenvalue weighted by molar-refractivity contribution is 6.07. The fourth-order valence-electron chi connectivity index (χ4n) is 5.88. The van der Waals surface area contributed by atoms with Crippen LogP contribution in [-0.4, -0.2) is 32.3 Å². The minimum Gasteiger partial charge on any atom is -0.545 e. The summed E-state index contributed by atoms with van der Waals surface area (Å²) in [5, 5.41) is 16.4. The molecule has 1 N–H and O–H groups in total.